The second-order valence-corrected chi connectivity index (χ2v) is 7.69. The van der Waals surface area contributed by atoms with Gasteiger partial charge in [0.25, 0.3) is 0 Å². The van der Waals surface area contributed by atoms with Gasteiger partial charge in [-0.2, -0.15) is 0 Å². The lowest BCUT2D eigenvalue weighted by atomic mass is 9.79. The van der Waals surface area contributed by atoms with Crippen LogP contribution < -0.4 is 0 Å². The van der Waals surface area contributed by atoms with Crippen molar-refractivity contribution in [3.63, 3.8) is 0 Å². The van der Waals surface area contributed by atoms with Crippen molar-refractivity contribution in [2.24, 2.45) is 5.92 Å². The highest BCUT2D eigenvalue weighted by molar-refractivity contribution is 6.22. The lowest BCUT2D eigenvalue weighted by molar-refractivity contribution is -0.117. The van der Waals surface area contributed by atoms with Crippen LogP contribution in [0.4, 0.5) is 0 Å². The van der Waals surface area contributed by atoms with Crippen LogP contribution in [-0.2, 0) is 16.1 Å². The molecule has 2 unspecified atom stereocenters. The maximum absolute atomic E-state index is 12.9. The quantitative estimate of drug-likeness (QED) is 0.630. The molecule has 2 aromatic carbocycles. The van der Waals surface area contributed by atoms with Crippen LogP contribution in [0.2, 0.25) is 0 Å². The first-order valence-corrected chi connectivity index (χ1v) is 10.6. The van der Waals surface area contributed by atoms with Crippen LogP contribution in [0, 0.1) is 26.7 Å². The molecule has 3 heteroatoms. The summed E-state index contributed by atoms with van der Waals surface area (Å²) >= 11 is 0. The van der Waals surface area contributed by atoms with Gasteiger partial charge in [0.1, 0.15) is 5.76 Å². The Morgan fingerprint density at radius 2 is 1.62 bits per heavy atom. The first-order chi connectivity index (χ1) is 13.9. The van der Waals surface area contributed by atoms with Gasteiger partial charge in [0.05, 0.1) is 18.3 Å². The molecule has 1 aliphatic rings. The SMILES string of the molecule is CC.Cc1cc(C)c(C2=C(O)CC(C(C)OCc3ccccc3)CC2=O)c(C)c1. The molecule has 2 aromatic rings. The number of ether oxygens (including phenoxy) is 1. The number of carbonyl (C=O) groups excluding carboxylic acids is 1. The molecular formula is C26H34O3. The monoisotopic (exact) mass is 394 g/mol. The Morgan fingerprint density at radius 1 is 1.03 bits per heavy atom. The first-order valence-electron chi connectivity index (χ1n) is 10.6. The average molecular weight is 395 g/mol. The molecule has 0 aliphatic heterocycles. The van der Waals surface area contributed by atoms with Gasteiger partial charge in [0.2, 0.25) is 0 Å². The van der Waals surface area contributed by atoms with Crippen molar-refractivity contribution in [1.82, 2.24) is 0 Å². The summed E-state index contributed by atoms with van der Waals surface area (Å²) in [6.45, 7) is 12.5. The van der Waals surface area contributed by atoms with Crippen molar-refractivity contribution in [3.8, 4) is 0 Å². The van der Waals surface area contributed by atoms with E-state index in [4.69, 9.17) is 4.74 Å². The normalized spacial score (nSPS) is 17.6. The number of allylic oxidation sites excluding steroid dienone is 2. The molecule has 0 radical (unpaired) electrons. The number of aliphatic hydroxyl groups is 1. The van der Waals surface area contributed by atoms with Crippen LogP contribution in [-0.4, -0.2) is 17.0 Å². The third-order valence-electron chi connectivity index (χ3n) is 5.42. The zero-order valence-electron chi connectivity index (χ0n) is 18.6. The summed E-state index contributed by atoms with van der Waals surface area (Å²) in [7, 11) is 0. The van der Waals surface area contributed by atoms with Crippen molar-refractivity contribution >= 4 is 11.4 Å². The van der Waals surface area contributed by atoms with Gasteiger partial charge in [0, 0.05) is 12.8 Å². The number of ketones is 1. The summed E-state index contributed by atoms with van der Waals surface area (Å²) in [5, 5.41) is 10.7. The molecule has 3 nitrogen and oxygen atoms in total. The van der Waals surface area contributed by atoms with Crippen molar-refractivity contribution in [1.29, 1.82) is 0 Å². The number of hydrogen-bond donors (Lipinski definition) is 1. The number of benzene rings is 2. The van der Waals surface area contributed by atoms with Gasteiger partial charge in [-0.3, -0.25) is 4.79 Å². The number of aryl methyl sites for hydroxylation is 3. The second kappa shape index (κ2) is 10.4. The van der Waals surface area contributed by atoms with Crippen molar-refractivity contribution in [2.45, 2.75) is 67.1 Å². The van der Waals surface area contributed by atoms with Gasteiger partial charge in [-0.15, -0.1) is 0 Å². The van der Waals surface area contributed by atoms with E-state index < -0.39 is 0 Å². The maximum Gasteiger partial charge on any atom is 0.167 e. The summed E-state index contributed by atoms with van der Waals surface area (Å²) in [6.07, 6.45) is 0.782. The molecule has 1 N–H and O–H groups in total. The van der Waals surface area contributed by atoms with Gasteiger partial charge in [0.15, 0.2) is 5.78 Å². The molecule has 156 valence electrons. The molecule has 0 fully saturated rings. The summed E-state index contributed by atoms with van der Waals surface area (Å²) in [6, 6.07) is 14.1. The van der Waals surface area contributed by atoms with Gasteiger partial charge >= 0.3 is 0 Å². The number of aliphatic hydroxyl groups excluding tert-OH is 1. The lowest BCUT2D eigenvalue weighted by Crippen LogP contribution is -2.29. The fraction of sp³-hybridized carbons (Fsp3) is 0.423. The van der Waals surface area contributed by atoms with Crippen molar-refractivity contribution < 1.29 is 14.6 Å². The molecule has 0 spiro atoms. The zero-order chi connectivity index (χ0) is 21.6. The van der Waals surface area contributed by atoms with E-state index in [-0.39, 0.29) is 23.6 Å². The number of carbonyl (C=O) groups is 1. The van der Waals surface area contributed by atoms with Crippen LogP contribution in [0.1, 0.15) is 61.4 Å². The predicted molar refractivity (Wildman–Crippen MR) is 120 cm³/mol. The third-order valence-corrected chi connectivity index (χ3v) is 5.42. The Bertz CT molecular complexity index is 842. The molecule has 3 rings (SSSR count). The van der Waals surface area contributed by atoms with Crippen LogP contribution >= 0.6 is 0 Å². The highest BCUT2D eigenvalue weighted by Crippen LogP contribution is 2.37. The van der Waals surface area contributed by atoms with E-state index in [0.717, 1.165) is 27.8 Å². The van der Waals surface area contributed by atoms with E-state index in [2.05, 4.69) is 12.1 Å². The van der Waals surface area contributed by atoms with Crippen LogP contribution in [0.3, 0.4) is 0 Å². The Morgan fingerprint density at radius 3 is 2.17 bits per heavy atom. The predicted octanol–water partition coefficient (Wildman–Crippen LogP) is 6.49. The minimum Gasteiger partial charge on any atom is -0.512 e. The smallest absolute Gasteiger partial charge is 0.167 e. The summed E-state index contributed by atoms with van der Waals surface area (Å²) in [5.74, 6) is 0.200. The van der Waals surface area contributed by atoms with E-state index in [1.54, 1.807) is 0 Å². The number of rotatable bonds is 5. The van der Waals surface area contributed by atoms with E-state index >= 15 is 0 Å². The fourth-order valence-electron chi connectivity index (χ4n) is 4.05. The molecule has 0 heterocycles. The average Bonchev–Trinajstić information content (AvgIpc) is 2.69. The Balaban J connectivity index is 0.00000145. The van der Waals surface area contributed by atoms with Crippen LogP contribution in [0.5, 0.6) is 0 Å². The summed E-state index contributed by atoms with van der Waals surface area (Å²) in [4.78, 5) is 12.9. The standard InChI is InChI=1S/C24H28O3.C2H6/c1-15-10-16(2)23(17(3)11-15)24-21(25)12-20(13-22(24)26)18(4)27-14-19-8-6-5-7-9-19;1-2/h5-11,18,20,25H,12-14H2,1-4H3;1-2H3. The Hall–Kier alpha value is -2.39. The topological polar surface area (TPSA) is 46.5 Å². The molecule has 0 aromatic heterocycles. The fourth-order valence-corrected chi connectivity index (χ4v) is 4.05. The molecule has 29 heavy (non-hydrogen) atoms. The van der Waals surface area contributed by atoms with Gasteiger partial charge in [-0.25, -0.2) is 0 Å². The lowest BCUT2D eigenvalue weighted by Gasteiger charge is -2.29. The van der Waals surface area contributed by atoms with Crippen LogP contribution in [0.25, 0.3) is 5.57 Å². The van der Waals surface area contributed by atoms with E-state index in [1.807, 2.05) is 71.9 Å². The number of hydrogen-bond acceptors (Lipinski definition) is 3. The van der Waals surface area contributed by atoms with E-state index in [1.165, 1.54) is 0 Å². The highest BCUT2D eigenvalue weighted by Gasteiger charge is 2.33. The molecule has 0 saturated carbocycles. The maximum atomic E-state index is 12.9. The Labute approximate surface area is 175 Å². The first kappa shape index (κ1) is 22.9. The highest BCUT2D eigenvalue weighted by atomic mass is 16.5. The van der Waals surface area contributed by atoms with Gasteiger partial charge in [-0.1, -0.05) is 61.9 Å². The van der Waals surface area contributed by atoms with Crippen molar-refractivity contribution in [3.05, 3.63) is 76.0 Å². The second-order valence-electron chi connectivity index (χ2n) is 7.69. The van der Waals surface area contributed by atoms with Gasteiger partial charge < -0.3 is 9.84 Å². The minimum absolute atomic E-state index is 0.00368. The number of Topliss-reactive ketones (excluding diaryl/α,β-unsaturated/α-hetero) is 1. The zero-order valence-corrected chi connectivity index (χ0v) is 18.6. The summed E-state index contributed by atoms with van der Waals surface area (Å²) < 4.78 is 5.98. The molecule has 0 bridgehead atoms. The van der Waals surface area contributed by atoms with Crippen molar-refractivity contribution in [2.75, 3.05) is 0 Å². The van der Waals surface area contributed by atoms with E-state index in [9.17, 15) is 9.90 Å². The van der Waals surface area contributed by atoms with Gasteiger partial charge in [-0.05, 0) is 55.9 Å². The molecule has 2 atom stereocenters. The summed E-state index contributed by atoms with van der Waals surface area (Å²) in [5.41, 5.74) is 5.73. The Kier molecular flexibility index (Phi) is 8.21. The van der Waals surface area contributed by atoms with E-state index in [0.29, 0.717) is 25.0 Å². The molecular weight excluding hydrogens is 360 g/mol. The molecule has 0 amide bonds. The third kappa shape index (κ3) is 5.57. The molecule has 1 aliphatic carbocycles. The minimum atomic E-state index is -0.0990. The van der Waals surface area contributed by atoms with Crippen LogP contribution in [0.15, 0.2) is 48.2 Å². The molecule has 0 saturated heterocycles. The largest absolute Gasteiger partial charge is 0.512 e.